The van der Waals surface area contributed by atoms with Crippen LogP contribution in [0.5, 0.6) is 5.75 Å². The topological polar surface area (TPSA) is 78.5 Å². The molecule has 1 atom stereocenters. The van der Waals surface area contributed by atoms with E-state index in [-0.39, 0.29) is 17.7 Å². The Morgan fingerprint density at radius 3 is 2.55 bits per heavy atom. The van der Waals surface area contributed by atoms with Crippen LogP contribution in [0.3, 0.4) is 0 Å². The molecule has 1 unspecified atom stereocenters. The minimum atomic E-state index is -0.290. The molecule has 4 rings (SSSR count). The molecule has 0 bridgehead atoms. The van der Waals surface area contributed by atoms with Crippen molar-refractivity contribution in [1.82, 2.24) is 15.1 Å². The molecule has 1 aromatic heterocycles. The molecule has 0 radical (unpaired) electrons. The fourth-order valence-electron chi connectivity index (χ4n) is 4.06. The number of aromatic amines is 1. The maximum absolute atomic E-state index is 13.2. The maximum atomic E-state index is 13.2. The predicted octanol–water partition coefficient (Wildman–Crippen LogP) is 3.90. The molecule has 1 amide bonds. The molecule has 1 aliphatic heterocycles. The van der Waals surface area contributed by atoms with E-state index in [2.05, 4.69) is 10.2 Å². The van der Waals surface area contributed by atoms with Crippen LogP contribution < -0.4 is 0 Å². The van der Waals surface area contributed by atoms with E-state index in [4.69, 9.17) is 4.74 Å². The van der Waals surface area contributed by atoms with Gasteiger partial charge in [-0.2, -0.15) is 5.10 Å². The summed E-state index contributed by atoms with van der Waals surface area (Å²) in [5, 5.41) is 18.1. The summed E-state index contributed by atoms with van der Waals surface area (Å²) in [7, 11) is 1.63. The van der Waals surface area contributed by atoms with Crippen LogP contribution in [0.4, 0.5) is 0 Å². The number of ether oxygens (including phenoxy) is 1. The quantitative estimate of drug-likeness (QED) is 0.691. The number of rotatable bonds is 5. The molecule has 0 aliphatic carbocycles. The van der Waals surface area contributed by atoms with Crippen molar-refractivity contribution < 1.29 is 14.6 Å². The number of nitrogens with one attached hydrogen (secondary N) is 1. The second kappa shape index (κ2) is 7.37. The lowest BCUT2D eigenvalue weighted by Gasteiger charge is -2.26. The van der Waals surface area contributed by atoms with Crippen molar-refractivity contribution in [2.75, 3.05) is 20.3 Å². The van der Waals surface area contributed by atoms with Crippen molar-refractivity contribution in [3.63, 3.8) is 0 Å². The standard InChI is InChI=1S/C23H25N3O3/c1-13-5-7-16(8-6-13)21-18-19(17-12-14(2)11-15(3)22(17)27)24-25-20(18)23(28)26(21)9-10-29-4/h5-8,11-12,21,27H,9-10H2,1-4H3,(H,24,25). The van der Waals surface area contributed by atoms with Crippen molar-refractivity contribution in [2.24, 2.45) is 0 Å². The average molecular weight is 391 g/mol. The third kappa shape index (κ3) is 3.19. The van der Waals surface area contributed by atoms with Crippen LogP contribution in [0, 0.1) is 20.8 Å². The van der Waals surface area contributed by atoms with Crippen molar-refractivity contribution in [1.29, 1.82) is 0 Å². The highest BCUT2D eigenvalue weighted by atomic mass is 16.5. The summed E-state index contributed by atoms with van der Waals surface area (Å²) >= 11 is 0. The minimum absolute atomic E-state index is 0.106. The van der Waals surface area contributed by atoms with Gasteiger partial charge in [0.05, 0.1) is 12.6 Å². The van der Waals surface area contributed by atoms with Crippen molar-refractivity contribution in [2.45, 2.75) is 26.8 Å². The molecule has 0 fully saturated rings. The van der Waals surface area contributed by atoms with E-state index in [0.717, 1.165) is 27.8 Å². The summed E-state index contributed by atoms with van der Waals surface area (Å²) in [4.78, 5) is 15.0. The fraction of sp³-hybridized carbons (Fsp3) is 0.304. The maximum Gasteiger partial charge on any atom is 0.273 e. The summed E-state index contributed by atoms with van der Waals surface area (Å²) < 4.78 is 5.24. The summed E-state index contributed by atoms with van der Waals surface area (Å²) in [6.45, 7) is 6.79. The van der Waals surface area contributed by atoms with E-state index >= 15 is 0 Å². The first kappa shape index (κ1) is 19.2. The van der Waals surface area contributed by atoms with E-state index in [1.165, 1.54) is 0 Å². The number of nitrogens with zero attached hydrogens (tertiary/aromatic N) is 2. The first-order valence-electron chi connectivity index (χ1n) is 9.67. The number of carbonyl (C=O) groups excluding carboxylic acids is 1. The summed E-state index contributed by atoms with van der Waals surface area (Å²) in [5.41, 5.74) is 6.49. The average Bonchev–Trinajstić information content (AvgIpc) is 3.23. The second-order valence-electron chi connectivity index (χ2n) is 7.64. The zero-order valence-electron chi connectivity index (χ0n) is 17.1. The highest BCUT2D eigenvalue weighted by Gasteiger charge is 2.42. The number of fused-ring (bicyclic) bond motifs is 1. The molecule has 2 N–H and O–H groups in total. The van der Waals surface area contributed by atoms with Crippen LogP contribution in [-0.4, -0.2) is 46.4 Å². The zero-order chi connectivity index (χ0) is 20.7. The molecule has 0 saturated carbocycles. The lowest BCUT2D eigenvalue weighted by atomic mass is 9.93. The second-order valence-corrected chi connectivity index (χ2v) is 7.64. The molecule has 29 heavy (non-hydrogen) atoms. The number of hydrogen-bond acceptors (Lipinski definition) is 4. The molecule has 3 aromatic rings. The number of aromatic nitrogens is 2. The number of phenolic OH excluding ortho intramolecular Hbond substituents is 1. The molecule has 1 aliphatic rings. The Balaban J connectivity index is 1.91. The fourth-order valence-corrected chi connectivity index (χ4v) is 4.06. The highest BCUT2D eigenvalue weighted by Crippen LogP contribution is 2.45. The van der Waals surface area contributed by atoms with E-state index in [0.29, 0.717) is 30.1 Å². The first-order chi connectivity index (χ1) is 13.9. The summed E-state index contributed by atoms with van der Waals surface area (Å²) in [5.74, 6) is 0.0839. The molecule has 150 valence electrons. The molecule has 6 heteroatoms. The van der Waals surface area contributed by atoms with Gasteiger partial charge < -0.3 is 14.7 Å². The van der Waals surface area contributed by atoms with Crippen LogP contribution >= 0.6 is 0 Å². The van der Waals surface area contributed by atoms with Gasteiger partial charge in [-0.05, 0) is 43.5 Å². The van der Waals surface area contributed by atoms with Crippen molar-refractivity contribution >= 4 is 5.91 Å². The van der Waals surface area contributed by atoms with Crippen LogP contribution in [0.25, 0.3) is 11.3 Å². The number of aromatic hydroxyl groups is 1. The van der Waals surface area contributed by atoms with Gasteiger partial charge in [-0.15, -0.1) is 0 Å². The largest absolute Gasteiger partial charge is 0.507 e. The van der Waals surface area contributed by atoms with Crippen LogP contribution in [0.15, 0.2) is 36.4 Å². The van der Waals surface area contributed by atoms with Gasteiger partial charge in [0, 0.05) is 24.8 Å². The molecule has 0 spiro atoms. The van der Waals surface area contributed by atoms with Gasteiger partial charge in [-0.3, -0.25) is 9.89 Å². The van der Waals surface area contributed by atoms with Gasteiger partial charge in [0.2, 0.25) is 0 Å². The first-order valence-corrected chi connectivity index (χ1v) is 9.67. The normalized spacial score (nSPS) is 15.8. The highest BCUT2D eigenvalue weighted by molar-refractivity contribution is 6.00. The lowest BCUT2D eigenvalue weighted by molar-refractivity contribution is 0.0677. The number of phenols is 1. The number of methoxy groups -OCH3 is 1. The number of hydrogen-bond donors (Lipinski definition) is 2. The molecular formula is C23H25N3O3. The number of amides is 1. The Morgan fingerprint density at radius 2 is 1.86 bits per heavy atom. The number of aryl methyl sites for hydroxylation is 3. The van der Waals surface area contributed by atoms with Crippen LogP contribution in [-0.2, 0) is 4.74 Å². The van der Waals surface area contributed by atoms with E-state index in [1.54, 1.807) is 12.0 Å². The molecule has 2 heterocycles. The van der Waals surface area contributed by atoms with Gasteiger partial charge in [0.15, 0.2) is 0 Å². The van der Waals surface area contributed by atoms with E-state index < -0.39 is 0 Å². The third-order valence-electron chi connectivity index (χ3n) is 5.49. The third-order valence-corrected chi connectivity index (χ3v) is 5.49. The minimum Gasteiger partial charge on any atom is -0.507 e. The van der Waals surface area contributed by atoms with E-state index in [1.807, 2.05) is 57.2 Å². The van der Waals surface area contributed by atoms with Gasteiger partial charge in [0.25, 0.3) is 5.91 Å². The van der Waals surface area contributed by atoms with Gasteiger partial charge in [-0.1, -0.05) is 35.9 Å². The number of H-pyrrole nitrogens is 1. The summed E-state index contributed by atoms with van der Waals surface area (Å²) in [6, 6.07) is 11.7. The predicted molar refractivity (Wildman–Crippen MR) is 111 cm³/mol. The number of carbonyl (C=O) groups is 1. The van der Waals surface area contributed by atoms with Gasteiger partial charge in [0.1, 0.15) is 17.1 Å². The Kier molecular flexibility index (Phi) is 4.88. The molecule has 2 aromatic carbocycles. The smallest absolute Gasteiger partial charge is 0.273 e. The van der Waals surface area contributed by atoms with Gasteiger partial charge in [-0.25, -0.2) is 0 Å². The van der Waals surface area contributed by atoms with Crippen LogP contribution in [0.2, 0.25) is 0 Å². The Bertz CT molecular complexity index is 1070. The lowest BCUT2D eigenvalue weighted by Crippen LogP contribution is -2.32. The molecule has 6 nitrogen and oxygen atoms in total. The van der Waals surface area contributed by atoms with Crippen molar-refractivity contribution in [3.05, 3.63) is 69.9 Å². The molecular weight excluding hydrogens is 366 g/mol. The SMILES string of the molecule is COCCN1C(=O)c2[nH]nc(-c3cc(C)cc(C)c3O)c2C1c1ccc(C)cc1. The van der Waals surface area contributed by atoms with E-state index in [9.17, 15) is 9.90 Å². The molecule has 0 saturated heterocycles. The Labute approximate surface area is 170 Å². The zero-order valence-corrected chi connectivity index (χ0v) is 17.1. The van der Waals surface area contributed by atoms with Gasteiger partial charge >= 0.3 is 0 Å². The summed E-state index contributed by atoms with van der Waals surface area (Å²) in [6.07, 6.45) is 0. The van der Waals surface area contributed by atoms with Crippen LogP contribution in [0.1, 0.15) is 44.3 Å². The Morgan fingerprint density at radius 1 is 1.14 bits per heavy atom. The monoisotopic (exact) mass is 391 g/mol. The Hall–Kier alpha value is -3.12. The number of benzene rings is 2. The van der Waals surface area contributed by atoms with Crippen molar-refractivity contribution in [3.8, 4) is 17.0 Å².